The van der Waals surface area contributed by atoms with E-state index in [-0.39, 0.29) is 5.91 Å². The molecule has 0 bridgehead atoms. The van der Waals surface area contributed by atoms with Gasteiger partial charge in [0.15, 0.2) is 0 Å². The summed E-state index contributed by atoms with van der Waals surface area (Å²) in [4.78, 5) is 27.1. The van der Waals surface area contributed by atoms with Gasteiger partial charge in [0.1, 0.15) is 0 Å². The first-order valence-corrected chi connectivity index (χ1v) is 10.1. The maximum Gasteiger partial charge on any atom is 0.337 e. The first-order valence-electron chi connectivity index (χ1n) is 9.76. The molecule has 0 saturated heterocycles. The predicted molar refractivity (Wildman–Crippen MR) is 124 cm³/mol. The number of anilines is 1. The Balaban J connectivity index is 1.82. The molecule has 154 valence electrons. The molecule has 0 unspecified atom stereocenters. The number of amides is 1. The van der Waals surface area contributed by atoms with E-state index in [1.165, 1.54) is 7.11 Å². The molecule has 3 aromatic rings. The van der Waals surface area contributed by atoms with Crippen molar-refractivity contribution in [3.05, 3.63) is 112 Å². The molecule has 1 aliphatic heterocycles. The molecule has 1 amide bonds. The molecule has 4 rings (SSSR count). The molecule has 3 aromatic carbocycles. The molecular weight excluding hydrogens is 410 g/mol. The van der Waals surface area contributed by atoms with E-state index in [2.05, 4.69) is 0 Å². The Morgan fingerprint density at radius 1 is 1.00 bits per heavy atom. The maximum absolute atomic E-state index is 13.5. The largest absolute Gasteiger partial charge is 0.465 e. The van der Waals surface area contributed by atoms with E-state index in [1.807, 2.05) is 61.5 Å². The van der Waals surface area contributed by atoms with E-state index >= 15 is 0 Å². The van der Waals surface area contributed by atoms with E-state index in [0.717, 1.165) is 22.4 Å². The summed E-state index contributed by atoms with van der Waals surface area (Å²) in [6.07, 6.45) is 3.75. The Kier molecular flexibility index (Phi) is 5.74. The minimum Gasteiger partial charge on any atom is -0.465 e. The van der Waals surface area contributed by atoms with Crippen molar-refractivity contribution in [2.24, 2.45) is 0 Å². The summed E-state index contributed by atoms with van der Waals surface area (Å²) in [7, 11) is 1.34. The lowest BCUT2D eigenvalue weighted by Crippen LogP contribution is -2.26. The molecule has 0 atom stereocenters. The van der Waals surface area contributed by atoms with Gasteiger partial charge < -0.3 is 4.74 Å². The second-order valence-corrected chi connectivity index (χ2v) is 7.62. The fraction of sp³-hybridized carbons (Fsp3) is 0.0769. The van der Waals surface area contributed by atoms with Gasteiger partial charge >= 0.3 is 5.97 Å². The van der Waals surface area contributed by atoms with Crippen LogP contribution in [0.4, 0.5) is 5.69 Å². The number of hydrogen-bond acceptors (Lipinski definition) is 3. The normalized spacial score (nSPS) is 14.7. The number of benzene rings is 3. The highest BCUT2D eigenvalue weighted by atomic mass is 35.5. The summed E-state index contributed by atoms with van der Waals surface area (Å²) in [6.45, 7) is 1.87. The van der Waals surface area contributed by atoms with Gasteiger partial charge in [-0.15, -0.1) is 0 Å². The zero-order valence-corrected chi connectivity index (χ0v) is 17.9. The number of esters is 1. The lowest BCUT2D eigenvalue weighted by atomic mass is 10.1. The summed E-state index contributed by atoms with van der Waals surface area (Å²) >= 11 is 6.07. The maximum atomic E-state index is 13.5. The van der Waals surface area contributed by atoms with Gasteiger partial charge in [-0.2, -0.15) is 0 Å². The average Bonchev–Trinajstić information content (AvgIpc) is 3.10. The molecule has 31 heavy (non-hydrogen) atoms. The van der Waals surface area contributed by atoms with Crippen molar-refractivity contribution in [1.29, 1.82) is 0 Å². The fourth-order valence-corrected chi connectivity index (χ4v) is 3.69. The number of hydrogen-bond donors (Lipinski definition) is 0. The third kappa shape index (κ3) is 4.16. The van der Waals surface area contributed by atoms with Gasteiger partial charge in [0.2, 0.25) is 0 Å². The van der Waals surface area contributed by atoms with Crippen LogP contribution in [0.3, 0.4) is 0 Å². The number of carbonyl (C=O) groups is 2. The van der Waals surface area contributed by atoms with Crippen LogP contribution < -0.4 is 4.90 Å². The van der Waals surface area contributed by atoms with Crippen LogP contribution in [-0.2, 0) is 9.53 Å². The number of aryl methyl sites for hydroxylation is 1. The minimum atomic E-state index is -0.416. The molecule has 0 saturated carbocycles. The zero-order valence-electron chi connectivity index (χ0n) is 17.1. The van der Waals surface area contributed by atoms with Gasteiger partial charge in [-0.1, -0.05) is 54.1 Å². The van der Waals surface area contributed by atoms with Crippen LogP contribution in [0.15, 0.2) is 84.4 Å². The van der Waals surface area contributed by atoms with Crippen molar-refractivity contribution in [3.63, 3.8) is 0 Å². The molecule has 0 aliphatic carbocycles. The van der Waals surface area contributed by atoms with Gasteiger partial charge in [-0.25, -0.2) is 4.79 Å². The first kappa shape index (κ1) is 20.6. The molecule has 4 nitrogen and oxygen atoms in total. The standard InChI is InChI=1S/C26H20ClNO3/c1-17-14-20(26(30)31-2)10-13-23(17)28-24(19-8-11-22(27)12-9-19)16-21(25(28)29)15-18-6-4-3-5-7-18/h3-16H,1-2H3/b21-15+. The average molecular weight is 430 g/mol. The molecular formula is C26H20ClNO3. The van der Waals surface area contributed by atoms with Gasteiger partial charge in [0, 0.05) is 10.6 Å². The van der Waals surface area contributed by atoms with Crippen LogP contribution in [0.2, 0.25) is 5.02 Å². The lowest BCUT2D eigenvalue weighted by Gasteiger charge is -2.23. The molecule has 0 aromatic heterocycles. The van der Waals surface area contributed by atoms with E-state index in [1.54, 1.807) is 35.2 Å². The third-order valence-corrected chi connectivity index (χ3v) is 5.36. The Bertz CT molecular complexity index is 1210. The smallest absolute Gasteiger partial charge is 0.337 e. The highest BCUT2D eigenvalue weighted by Crippen LogP contribution is 2.37. The molecule has 5 heteroatoms. The zero-order chi connectivity index (χ0) is 22.0. The molecule has 0 spiro atoms. The molecule has 0 fully saturated rings. The Morgan fingerprint density at radius 3 is 2.35 bits per heavy atom. The molecule has 1 aliphatic rings. The monoisotopic (exact) mass is 429 g/mol. The van der Waals surface area contributed by atoms with Crippen molar-refractivity contribution < 1.29 is 14.3 Å². The second-order valence-electron chi connectivity index (χ2n) is 7.18. The van der Waals surface area contributed by atoms with Gasteiger partial charge in [0.05, 0.1) is 24.1 Å². The Labute approximate surface area is 186 Å². The number of halogens is 1. The summed E-state index contributed by atoms with van der Waals surface area (Å²) in [5, 5.41) is 0.624. The van der Waals surface area contributed by atoms with E-state index in [4.69, 9.17) is 16.3 Å². The number of rotatable bonds is 4. The second kappa shape index (κ2) is 8.62. The number of nitrogens with zero attached hydrogens (tertiary/aromatic N) is 1. The number of methoxy groups -OCH3 is 1. The van der Waals surface area contributed by atoms with Crippen LogP contribution in [0.25, 0.3) is 11.8 Å². The van der Waals surface area contributed by atoms with Crippen LogP contribution in [0.5, 0.6) is 0 Å². The first-order chi connectivity index (χ1) is 15.0. The highest BCUT2D eigenvalue weighted by molar-refractivity contribution is 6.30. The quantitative estimate of drug-likeness (QED) is 0.383. The Morgan fingerprint density at radius 2 is 1.71 bits per heavy atom. The van der Waals surface area contributed by atoms with Crippen LogP contribution in [0.1, 0.15) is 27.0 Å². The van der Waals surface area contributed by atoms with Crippen molar-refractivity contribution in [2.75, 3.05) is 12.0 Å². The van der Waals surface area contributed by atoms with Crippen molar-refractivity contribution in [1.82, 2.24) is 0 Å². The van der Waals surface area contributed by atoms with E-state index in [9.17, 15) is 9.59 Å². The molecule has 1 heterocycles. The summed E-state index contributed by atoms with van der Waals surface area (Å²) < 4.78 is 4.81. The van der Waals surface area contributed by atoms with Gasteiger partial charge in [0.25, 0.3) is 5.91 Å². The molecule has 0 N–H and O–H groups in total. The van der Waals surface area contributed by atoms with E-state index < -0.39 is 5.97 Å². The topological polar surface area (TPSA) is 46.6 Å². The van der Waals surface area contributed by atoms with Crippen LogP contribution in [-0.4, -0.2) is 19.0 Å². The van der Waals surface area contributed by atoms with Gasteiger partial charge in [-0.3, -0.25) is 9.69 Å². The Hall–Kier alpha value is -3.63. The van der Waals surface area contributed by atoms with Crippen molar-refractivity contribution >= 4 is 40.9 Å². The highest BCUT2D eigenvalue weighted by Gasteiger charge is 2.31. The van der Waals surface area contributed by atoms with Crippen molar-refractivity contribution in [3.8, 4) is 0 Å². The number of ether oxygens (including phenoxy) is 1. The fourth-order valence-electron chi connectivity index (χ4n) is 3.57. The number of carbonyl (C=O) groups excluding carboxylic acids is 2. The lowest BCUT2D eigenvalue weighted by molar-refractivity contribution is -0.113. The van der Waals surface area contributed by atoms with Crippen LogP contribution >= 0.6 is 11.6 Å². The SMILES string of the molecule is COC(=O)c1ccc(N2C(=O)/C(=C/c3ccccc3)C=C2c2ccc(Cl)cc2)c(C)c1. The summed E-state index contributed by atoms with van der Waals surface area (Å²) in [5.41, 5.74) is 5.06. The minimum absolute atomic E-state index is 0.136. The summed E-state index contributed by atoms with van der Waals surface area (Å²) in [6, 6.07) is 22.2. The summed E-state index contributed by atoms with van der Waals surface area (Å²) in [5.74, 6) is -0.553. The van der Waals surface area contributed by atoms with Gasteiger partial charge in [-0.05, 0) is 66.1 Å². The molecule has 0 radical (unpaired) electrons. The van der Waals surface area contributed by atoms with E-state index in [0.29, 0.717) is 21.8 Å². The van der Waals surface area contributed by atoms with Crippen LogP contribution in [0, 0.1) is 6.92 Å². The predicted octanol–water partition coefficient (Wildman–Crippen LogP) is 5.91. The third-order valence-electron chi connectivity index (χ3n) is 5.10. The van der Waals surface area contributed by atoms with Crippen molar-refractivity contribution in [2.45, 2.75) is 6.92 Å².